The first-order valence-corrected chi connectivity index (χ1v) is 10.0. The monoisotopic (exact) mass is 422 g/mol. The van der Waals surface area contributed by atoms with Gasteiger partial charge in [0.15, 0.2) is 0 Å². The van der Waals surface area contributed by atoms with Crippen LogP contribution in [0.2, 0.25) is 0 Å². The number of thiocarbonyl (C=S) groups is 1. The third kappa shape index (κ3) is 4.00. The highest BCUT2D eigenvalue weighted by Crippen LogP contribution is 2.39. The van der Waals surface area contributed by atoms with Gasteiger partial charge in [-0.1, -0.05) is 12.2 Å². The number of fused-ring (bicyclic) bond motifs is 1. The number of rotatable bonds is 4. The molecule has 0 atom stereocenters. The van der Waals surface area contributed by atoms with Gasteiger partial charge < -0.3 is 5.32 Å². The zero-order valence-electron chi connectivity index (χ0n) is 17.0. The minimum Gasteiger partial charge on any atom is -0.324 e. The molecule has 1 aliphatic heterocycles. The molecule has 150 valence electrons. The molecule has 4 rings (SSSR count). The van der Waals surface area contributed by atoms with E-state index in [1.54, 1.807) is 24.4 Å². The van der Waals surface area contributed by atoms with E-state index < -0.39 is 0 Å². The number of nitriles is 2. The summed E-state index contributed by atoms with van der Waals surface area (Å²) < 4.78 is 0. The van der Waals surface area contributed by atoms with Gasteiger partial charge in [0.1, 0.15) is 5.82 Å². The molecule has 3 aromatic rings. The van der Waals surface area contributed by atoms with Crippen molar-refractivity contribution in [2.45, 2.75) is 20.3 Å². The Kier molecular flexibility index (Phi) is 5.44. The summed E-state index contributed by atoms with van der Waals surface area (Å²) in [6, 6.07) is 15.3. The van der Waals surface area contributed by atoms with Crippen molar-refractivity contribution in [1.82, 2.24) is 9.97 Å². The van der Waals surface area contributed by atoms with Crippen LogP contribution < -0.4 is 10.2 Å². The molecule has 0 saturated heterocycles. The molecular formula is C24H18N6S. The van der Waals surface area contributed by atoms with Crippen molar-refractivity contribution in [3.63, 3.8) is 0 Å². The van der Waals surface area contributed by atoms with Crippen molar-refractivity contribution in [3.05, 3.63) is 76.5 Å². The van der Waals surface area contributed by atoms with Crippen molar-refractivity contribution in [2.24, 2.45) is 0 Å². The highest BCUT2D eigenvalue weighted by molar-refractivity contribution is 7.80. The molecular weight excluding hydrogens is 404 g/mol. The van der Waals surface area contributed by atoms with Crippen LogP contribution in [0.4, 0.5) is 23.1 Å². The summed E-state index contributed by atoms with van der Waals surface area (Å²) in [7, 11) is 0. The number of nitrogens with one attached hydrogen (secondary N) is 1. The first kappa shape index (κ1) is 20.2. The van der Waals surface area contributed by atoms with Crippen molar-refractivity contribution in [2.75, 3.05) is 10.2 Å². The van der Waals surface area contributed by atoms with Gasteiger partial charge in [0, 0.05) is 29.9 Å². The van der Waals surface area contributed by atoms with Crippen LogP contribution in [0.15, 0.2) is 48.7 Å². The van der Waals surface area contributed by atoms with Crippen molar-refractivity contribution in [1.29, 1.82) is 10.5 Å². The number of hydrogen-bond acceptors (Lipinski definition) is 6. The summed E-state index contributed by atoms with van der Waals surface area (Å²) in [5.74, 6) is 1.23. The van der Waals surface area contributed by atoms with Gasteiger partial charge in [0.25, 0.3) is 0 Å². The Bertz CT molecular complexity index is 1270. The molecule has 0 bridgehead atoms. The van der Waals surface area contributed by atoms with E-state index in [-0.39, 0.29) is 0 Å². The molecule has 2 aromatic carbocycles. The van der Waals surface area contributed by atoms with E-state index in [9.17, 15) is 0 Å². The molecule has 31 heavy (non-hydrogen) atoms. The van der Waals surface area contributed by atoms with Crippen LogP contribution >= 0.6 is 12.2 Å². The SMILES string of the molecule is Cc1cc(/C=C/C#N)cc(C)c1N1C(=S)Cc2cnc(Nc3ccc(C#N)cc3)nc21. The average molecular weight is 423 g/mol. The number of aryl methyl sites for hydroxylation is 2. The lowest BCUT2D eigenvalue weighted by Gasteiger charge is -2.24. The van der Waals surface area contributed by atoms with Gasteiger partial charge in [-0.2, -0.15) is 15.5 Å². The van der Waals surface area contributed by atoms with E-state index in [0.717, 1.165) is 44.4 Å². The van der Waals surface area contributed by atoms with E-state index >= 15 is 0 Å². The fourth-order valence-corrected chi connectivity index (χ4v) is 4.03. The molecule has 0 unspecified atom stereocenters. The summed E-state index contributed by atoms with van der Waals surface area (Å²) in [5, 5.41) is 21.0. The third-order valence-corrected chi connectivity index (χ3v) is 5.33. The van der Waals surface area contributed by atoms with Crippen LogP contribution in [-0.4, -0.2) is 15.0 Å². The summed E-state index contributed by atoms with van der Waals surface area (Å²) >= 11 is 5.70. The largest absolute Gasteiger partial charge is 0.324 e. The lowest BCUT2D eigenvalue weighted by atomic mass is 10.0. The van der Waals surface area contributed by atoms with E-state index in [1.807, 2.05) is 49.1 Å². The van der Waals surface area contributed by atoms with Crippen LogP contribution in [0.1, 0.15) is 27.8 Å². The van der Waals surface area contributed by atoms with Crippen LogP contribution in [0.3, 0.4) is 0 Å². The fraction of sp³-hybridized carbons (Fsp3) is 0.125. The fourth-order valence-electron chi connectivity index (χ4n) is 3.70. The maximum absolute atomic E-state index is 8.96. The summed E-state index contributed by atoms with van der Waals surface area (Å²) in [5.41, 5.74) is 6.43. The van der Waals surface area contributed by atoms with Crippen LogP contribution in [0, 0.1) is 36.5 Å². The summed E-state index contributed by atoms with van der Waals surface area (Å²) in [6.45, 7) is 4.06. The topological polar surface area (TPSA) is 88.6 Å². The third-order valence-electron chi connectivity index (χ3n) is 5.00. The Morgan fingerprint density at radius 2 is 1.84 bits per heavy atom. The summed E-state index contributed by atoms with van der Waals surface area (Å²) in [6.07, 6.45) is 5.67. The Labute approximate surface area is 186 Å². The highest BCUT2D eigenvalue weighted by atomic mass is 32.1. The van der Waals surface area contributed by atoms with E-state index in [4.69, 9.17) is 27.7 Å². The van der Waals surface area contributed by atoms with Gasteiger partial charge >= 0.3 is 0 Å². The maximum atomic E-state index is 8.96. The van der Waals surface area contributed by atoms with Gasteiger partial charge in [0.2, 0.25) is 5.95 Å². The normalized spacial score (nSPS) is 12.5. The molecule has 0 saturated carbocycles. The van der Waals surface area contributed by atoms with E-state index in [1.165, 1.54) is 6.08 Å². The molecule has 2 heterocycles. The van der Waals surface area contributed by atoms with Crippen LogP contribution in [0.5, 0.6) is 0 Å². The van der Waals surface area contributed by atoms with Gasteiger partial charge in [0.05, 0.1) is 28.4 Å². The van der Waals surface area contributed by atoms with Crippen LogP contribution in [0.25, 0.3) is 6.08 Å². The predicted molar refractivity (Wildman–Crippen MR) is 125 cm³/mol. The van der Waals surface area contributed by atoms with E-state index in [2.05, 4.69) is 16.4 Å². The Morgan fingerprint density at radius 3 is 2.48 bits per heavy atom. The van der Waals surface area contributed by atoms with Crippen molar-refractivity contribution in [3.8, 4) is 12.1 Å². The Hall–Kier alpha value is -4.07. The second-order valence-electron chi connectivity index (χ2n) is 7.23. The molecule has 0 fully saturated rings. The second kappa shape index (κ2) is 8.35. The zero-order valence-corrected chi connectivity index (χ0v) is 17.9. The molecule has 0 radical (unpaired) electrons. The molecule has 6 nitrogen and oxygen atoms in total. The smallest absolute Gasteiger partial charge is 0.229 e. The first-order chi connectivity index (χ1) is 15.0. The number of hydrogen-bond donors (Lipinski definition) is 1. The van der Waals surface area contributed by atoms with E-state index in [0.29, 0.717) is 17.9 Å². The van der Waals surface area contributed by atoms with Gasteiger partial charge in [-0.05, 0) is 73.0 Å². The van der Waals surface area contributed by atoms with Crippen molar-refractivity contribution >= 4 is 46.4 Å². The molecule has 1 aliphatic rings. The molecule has 0 spiro atoms. The number of aromatic nitrogens is 2. The molecule has 0 aliphatic carbocycles. The second-order valence-corrected chi connectivity index (χ2v) is 7.70. The predicted octanol–water partition coefficient (Wildman–Crippen LogP) is 5.27. The number of nitrogens with zero attached hydrogens (tertiary/aromatic N) is 5. The minimum absolute atomic E-state index is 0.460. The van der Waals surface area contributed by atoms with Gasteiger partial charge in [-0.15, -0.1) is 0 Å². The van der Waals surface area contributed by atoms with Crippen molar-refractivity contribution < 1.29 is 0 Å². The maximum Gasteiger partial charge on any atom is 0.229 e. The first-order valence-electron chi connectivity index (χ1n) is 9.63. The highest BCUT2D eigenvalue weighted by Gasteiger charge is 2.30. The standard InChI is InChI=1S/C24H18N6S/c1-15-10-18(4-3-9-25)11-16(2)22(15)30-21(31)12-19-14-27-24(29-23(19)30)28-20-7-5-17(13-26)6-8-20/h3-8,10-11,14H,12H2,1-2H3,(H,27,28,29)/b4-3+. The number of benzene rings is 2. The molecule has 1 N–H and O–H groups in total. The summed E-state index contributed by atoms with van der Waals surface area (Å²) in [4.78, 5) is 12.0. The quantitative estimate of drug-likeness (QED) is 0.453. The Balaban J connectivity index is 1.70. The zero-order chi connectivity index (χ0) is 22.0. The number of allylic oxidation sites excluding steroid dienone is 1. The molecule has 1 aromatic heterocycles. The molecule has 0 amide bonds. The molecule has 7 heteroatoms. The lowest BCUT2D eigenvalue weighted by Crippen LogP contribution is -2.22. The van der Waals surface area contributed by atoms with Gasteiger partial charge in [-0.25, -0.2) is 4.98 Å². The minimum atomic E-state index is 0.460. The average Bonchev–Trinajstić information content (AvgIpc) is 3.07. The Morgan fingerprint density at radius 1 is 1.13 bits per heavy atom. The van der Waals surface area contributed by atoms with Crippen LogP contribution in [-0.2, 0) is 6.42 Å². The van der Waals surface area contributed by atoms with Gasteiger partial charge in [-0.3, -0.25) is 4.90 Å². The number of anilines is 4. The lowest BCUT2D eigenvalue weighted by molar-refractivity contribution is 1.12.